The number of aromatic nitrogens is 3. The third kappa shape index (κ3) is 3.40. The molecule has 2 aromatic heterocycles. The zero-order chi connectivity index (χ0) is 19.8. The number of nitrogens with zero attached hydrogens (tertiary/aromatic N) is 3. The maximum Gasteiger partial charge on any atom is 0.231 e. The second-order valence-corrected chi connectivity index (χ2v) is 7.22. The summed E-state index contributed by atoms with van der Waals surface area (Å²) >= 11 is 0. The van der Waals surface area contributed by atoms with Crippen molar-refractivity contribution in [2.75, 3.05) is 6.79 Å². The van der Waals surface area contributed by atoms with Crippen molar-refractivity contribution >= 4 is 11.6 Å². The highest BCUT2D eigenvalue weighted by molar-refractivity contribution is 5.76. The first-order valence-electron chi connectivity index (χ1n) is 9.43. The molecule has 0 radical (unpaired) electrons. The number of carbonyl (C=O) groups is 1. The van der Waals surface area contributed by atoms with E-state index in [0.717, 1.165) is 45.4 Å². The molecule has 146 valence electrons. The van der Waals surface area contributed by atoms with Crippen molar-refractivity contribution < 1.29 is 14.3 Å². The molecule has 7 nitrogen and oxygen atoms in total. The Morgan fingerprint density at radius 2 is 2.00 bits per heavy atom. The largest absolute Gasteiger partial charge is 0.454 e. The van der Waals surface area contributed by atoms with Crippen LogP contribution in [-0.4, -0.2) is 27.3 Å². The normalized spacial score (nSPS) is 13.7. The quantitative estimate of drug-likeness (QED) is 0.735. The predicted molar refractivity (Wildman–Crippen MR) is 105 cm³/mol. The van der Waals surface area contributed by atoms with Crippen molar-refractivity contribution in [2.24, 2.45) is 0 Å². The summed E-state index contributed by atoms with van der Waals surface area (Å²) in [6, 6.07) is 7.59. The molecule has 0 spiro atoms. The molecule has 1 aliphatic heterocycles. The Balaban J connectivity index is 1.42. The van der Waals surface area contributed by atoms with Crippen LogP contribution in [0.1, 0.15) is 47.6 Å². The maximum absolute atomic E-state index is 12.5. The van der Waals surface area contributed by atoms with Gasteiger partial charge in [0.25, 0.3) is 0 Å². The highest BCUT2D eigenvalue weighted by Gasteiger charge is 2.18. The first kappa shape index (κ1) is 18.3. The SMILES string of the molecule is Cc1cc2nc(C)c(CCC(=O)NC(C)c3ccc4c(c3)OCO4)c(C)n2n1. The fraction of sp³-hybridized carbons (Fsp3) is 0.381. The van der Waals surface area contributed by atoms with E-state index in [-0.39, 0.29) is 18.7 Å². The number of hydrogen-bond donors (Lipinski definition) is 1. The topological polar surface area (TPSA) is 77.8 Å². The monoisotopic (exact) mass is 380 g/mol. The molecule has 0 aliphatic carbocycles. The first-order valence-corrected chi connectivity index (χ1v) is 9.43. The molecule has 7 heteroatoms. The second-order valence-electron chi connectivity index (χ2n) is 7.22. The number of benzene rings is 1. The summed E-state index contributed by atoms with van der Waals surface area (Å²) in [5.41, 5.74) is 5.81. The third-order valence-electron chi connectivity index (χ3n) is 5.16. The smallest absolute Gasteiger partial charge is 0.231 e. The van der Waals surface area contributed by atoms with Gasteiger partial charge in [0.2, 0.25) is 12.7 Å². The van der Waals surface area contributed by atoms with Gasteiger partial charge in [0.1, 0.15) is 0 Å². The highest BCUT2D eigenvalue weighted by atomic mass is 16.7. The van der Waals surface area contributed by atoms with Crippen molar-refractivity contribution in [3.05, 3.63) is 52.5 Å². The molecule has 1 aliphatic rings. The van der Waals surface area contributed by atoms with Gasteiger partial charge in [-0.1, -0.05) is 6.07 Å². The Labute approximate surface area is 163 Å². The van der Waals surface area contributed by atoms with Crippen LogP contribution in [0.25, 0.3) is 5.65 Å². The van der Waals surface area contributed by atoms with E-state index in [0.29, 0.717) is 12.8 Å². The molecule has 1 N–H and O–H groups in total. The summed E-state index contributed by atoms with van der Waals surface area (Å²) in [6.07, 6.45) is 1.02. The number of amides is 1. The van der Waals surface area contributed by atoms with Gasteiger partial charge in [-0.05, 0) is 57.4 Å². The lowest BCUT2D eigenvalue weighted by molar-refractivity contribution is -0.121. The van der Waals surface area contributed by atoms with Crippen LogP contribution < -0.4 is 14.8 Å². The Morgan fingerprint density at radius 1 is 1.21 bits per heavy atom. The molecule has 1 atom stereocenters. The molecule has 0 saturated carbocycles. The van der Waals surface area contributed by atoms with Gasteiger partial charge in [-0.25, -0.2) is 9.50 Å². The molecule has 0 fully saturated rings. The van der Waals surface area contributed by atoms with E-state index in [9.17, 15) is 4.79 Å². The van der Waals surface area contributed by atoms with E-state index in [1.54, 1.807) is 0 Å². The fourth-order valence-electron chi connectivity index (χ4n) is 3.62. The fourth-order valence-corrected chi connectivity index (χ4v) is 3.62. The Bertz CT molecular complexity index is 1060. The molecule has 3 aromatic rings. The van der Waals surface area contributed by atoms with Crippen LogP contribution in [0.15, 0.2) is 24.3 Å². The second kappa shape index (κ2) is 7.14. The number of rotatable bonds is 5. The van der Waals surface area contributed by atoms with E-state index in [1.807, 2.05) is 56.5 Å². The first-order chi connectivity index (χ1) is 13.4. The summed E-state index contributed by atoms with van der Waals surface area (Å²) in [5.74, 6) is 1.46. The zero-order valence-corrected chi connectivity index (χ0v) is 16.6. The van der Waals surface area contributed by atoms with Crippen molar-refractivity contribution in [1.82, 2.24) is 19.9 Å². The van der Waals surface area contributed by atoms with E-state index >= 15 is 0 Å². The van der Waals surface area contributed by atoms with Crippen LogP contribution >= 0.6 is 0 Å². The number of ether oxygens (including phenoxy) is 2. The van der Waals surface area contributed by atoms with Crippen LogP contribution in [0.2, 0.25) is 0 Å². The van der Waals surface area contributed by atoms with E-state index in [2.05, 4.69) is 15.4 Å². The van der Waals surface area contributed by atoms with Gasteiger partial charge in [0, 0.05) is 23.9 Å². The maximum atomic E-state index is 12.5. The van der Waals surface area contributed by atoms with Gasteiger partial charge in [-0.15, -0.1) is 0 Å². The Kier molecular flexibility index (Phi) is 4.66. The minimum Gasteiger partial charge on any atom is -0.454 e. The van der Waals surface area contributed by atoms with Gasteiger partial charge in [0.15, 0.2) is 17.1 Å². The van der Waals surface area contributed by atoms with Crippen molar-refractivity contribution in [1.29, 1.82) is 0 Å². The minimum absolute atomic E-state index is 0.000657. The van der Waals surface area contributed by atoms with Crippen LogP contribution in [0.4, 0.5) is 0 Å². The Hall–Kier alpha value is -3.09. The summed E-state index contributed by atoms with van der Waals surface area (Å²) in [5, 5.41) is 7.55. The van der Waals surface area contributed by atoms with Crippen molar-refractivity contribution in [2.45, 2.75) is 46.6 Å². The third-order valence-corrected chi connectivity index (χ3v) is 5.16. The summed E-state index contributed by atoms with van der Waals surface area (Å²) in [6.45, 7) is 8.17. The lowest BCUT2D eigenvalue weighted by Crippen LogP contribution is -2.27. The minimum atomic E-state index is -0.112. The van der Waals surface area contributed by atoms with Crippen LogP contribution in [0, 0.1) is 20.8 Å². The van der Waals surface area contributed by atoms with E-state index in [1.165, 1.54) is 0 Å². The molecule has 1 aromatic carbocycles. The predicted octanol–water partition coefficient (Wildman–Crippen LogP) is 3.19. The molecule has 1 amide bonds. The molecular weight excluding hydrogens is 356 g/mol. The number of fused-ring (bicyclic) bond motifs is 2. The molecule has 0 saturated heterocycles. The standard InChI is InChI=1S/C21H24N4O3/c1-12-9-20-22-14(3)17(15(4)25(20)24-12)6-8-21(26)23-13(2)16-5-7-18-19(10-16)28-11-27-18/h5,7,9-10,13H,6,8,11H2,1-4H3,(H,23,26). The van der Waals surface area contributed by atoms with Gasteiger partial charge in [-0.3, -0.25) is 4.79 Å². The molecule has 28 heavy (non-hydrogen) atoms. The number of carbonyl (C=O) groups excluding carboxylic acids is 1. The van der Waals surface area contributed by atoms with E-state index in [4.69, 9.17) is 9.47 Å². The van der Waals surface area contributed by atoms with E-state index < -0.39 is 0 Å². The lowest BCUT2D eigenvalue weighted by Gasteiger charge is -2.16. The van der Waals surface area contributed by atoms with Gasteiger partial charge < -0.3 is 14.8 Å². The summed E-state index contributed by atoms with van der Waals surface area (Å²) in [4.78, 5) is 17.1. The van der Waals surface area contributed by atoms with Crippen LogP contribution in [0.5, 0.6) is 11.5 Å². The zero-order valence-electron chi connectivity index (χ0n) is 16.6. The number of nitrogens with one attached hydrogen (secondary N) is 1. The molecule has 0 bridgehead atoms. The van der Waals surface area contributed by atoms with Crippen molar-refractivity contribution in [3.63, 3.8) is 0 Å². The van der Waals surface area contributed by atoms with Gasteiger partial charge in [-0.2, -0.15) is 5.10 Å². The number of aryl methyl sites for hydroxylation is 3. The molecule has 4 rings (SSSR count). The van der Waals surface area contributed by atoms with Crippen LogP contribution in [-0.2, 0) is 11.2 Å². The van der Waals surface area contributed by atoms with Crippen molar-refractivity contribution in [3.8, 4) is 11.5 Å². The molecule has 1 unspecified atom stereocenters. The van der Waals surface area contributed by atoms with Gasteiger partial charge >= 0.3 is 0 Å². The summed E-state index contributed by atoms with van der Waals surface area (Å²) < 4.78 is 12.6. The highest BCUT2D eigenvalue weighted by Crippen LogP contribution is 2.34. The average molecular weight is 380 g/mol. The Morgan fingerprint density at radius 3 is 2.82 bits per heavy atom. The summed E-state index contributed by atoms with van der Waals surface area (Å²) in [7, 11) is 0. The molecular formula is C21H24N4O3. The average Bonchev–Trinajstić information content (AvgIpc) is 3.26. The van der Waals surface area contributed by atoms with Gasteiger partial charge in [0.05, 0.1) is 11.7 Å². The van der Waals surface area contributed by atoms with Crippen LogP contribution in [0.3, 0.4) is 0 Å². The lowest BCUT2D eigenvalue weighted by atomic mass is 10.0. The molecule has 3 heterocycles. The number of hydrogen-bond acceptors (Lipinski definition) is 5.